The summed E-state index contributed by atoms with van der Waals surface area (Å²) in [5.41, 5.74) is 0. The van der Waals surface area contributed by atoms with Crippen molar-refractivity contribution in [1.29, 1.82) is 0 Å². The van der Waals surface area contributed by atoms with E-state index in [1.165, 1.54) is 0 Å². The predicted octanol–water partition coefficient (Wildman–Crippen LogP) is 3.40. The molecule has 0 fully saturated rings. The molecule has 0 aliphatic carbocycles. The fourth-order valence-corrected chi connectivity index (χ4v) is 1.90. The van der Waals surface area contributed by atoms with Crippen molar-refractivity contribution in [1.82, 2.24) is 0 Å². The third-order valence-electron chi connectivity index (χ3n) is 2.72. The molecular weight excluding hydrogens is 278 g/mol. The lowest BCUT2D eigenvalue weighted by molar-refractivity contribution is 0.100. The van der Waals surface area contributed by atoms with E-state index in [2.05, 4.69) is 9.47 Å². The molecule has 0 saturated heterocycles. The summed E-state index contributed by atoms with van der Waals surface area (Å²) in [5, 5.41) is -2.08. The van der Waals surface area contributed by atoms with Crippen LogP contribution in [0.1, 0.15) is 0 Å². The quantitative estimate of drug-likeness (QED) is 0.544. The van der Waals surface area contributed by atoms with E-state index in [4.69, 9.17) is 0 Å². The lowest BCUT2D eigenvalue weighted by Crippen LogP contribution is -2.16. The Morgan fingerprint density at radius 2 is 0.947 bits per heavy atom. The standard InChI is InChI=1S/C11H2F6O2/c12-4-2-3-10(8(16)6(4)14)18-1-19-11(3)9(17)7(15)5(2)13/h1H2. The third-order valence-corrected chi connectivity index (χ3v) is 2.72. The van der Waals surface area contributed by atoms with Crippen molar-refractivity contribution >= 4 is 10.8 Å². The maximum Gasteiger partial charge on any atom is 0.231 e. The summed E-state index contributed by atoms with van der Waals surface area (Å²) in [6.07, 6.45) is 0. The van der Waals surface area contributed by atoms with Gasteiger partial charge >= 0.3 is 0 Å². The van der Waals surface area contributed by atoms with Crippen LogP contribution in [0.4, 0.5) is 26.3 Å². The molecule has 2 aromatic carbocycles. The van der Waals surface area contributed by atoms with Crippen LogP contribution in [0.15, 0.2) is 0 Å². The van der Waals surface area contributed by atoms with Gasteiger partial charge in [0.15, 0.2) is 34.8 Å². The molecule has 2 nitrogen and oxygen atoms in total. The molecular formula is C11H2F6O2. The van der Waals surface area contributed by atoms with Crippen LogP contribution in [0.3, 0.4) is 0 Å². The first kappa shape index (κ1) is 11.9. The van der Waals surface area contributed by atoms with Gasteiger partial charge in [-0.2, -0.15) is 8.78 Å². The summed E-state index contributed by atoms with van der Waals surface area (Å²) in [7, 11) is 0. The van der Waals surface area contributed by atoms with Gasteiger partial charge in [-0.15, -0.1) is 0 Å². The van der Waals surface area contributed by atoms with Crippen molar-refractivity contribution in [3.05, 3.63) is 34.9 Å². The number of hydrogen-bond acceptors (Lipinski definition) is 2. The Kier molecular flexibility index (Phi) is 2.32. The normalized spacial score (nSPS) is 13.4. The summed E-state index contributed by atoms with van der Waals surface area (Å²) in [6.45, 7) is -0.744. The van der Waals surface area contributed by atoms with Crippen LogP contribution in [0.2, 0.25) is 0 Å². The van der Waals surface area contributed by atoms with Crippen LogP contribution in [0, 0.1) is 34.9 Å². The maximum absolute atomic E-state index is 13.5. The van der Waals surface area contributed by atoms with E-state index in [1.54, 1.807) is 0 Å². The molecule has 0 N–H and O–H groups in total. The maximum atomic E-state index is 13.5. The fraction of sp³-hybridized carbons (Fsp3) is 0.0909. The average Bonchev–Trinajstić information content (AvgIpc) is 2.41. The number of ether oxygens (including phenoxy) is 2. The van der Waals surface area contributed by atoms with Crippen molar-refractivity contribution in [2.45, 2.75) is 0 Å². The highest BCUT2D eigenvalue weighted by molar-refractivity contribution is 5.95. The van der Waals surface area contributed by atoms with Crippen molar-refractivity contribution < 1.29 is 35.8 Å². The molecule has 0 unspecified atom stereocenters. The molecule has 2 aromatic rings. The zero-order chi connectivity index (χ0) is 13.9. The Morgan fingerprint density at radius 1 is 0.526 bits per heavy atom. The molecule has 3 rings (SSSR count). The smallest absolute Gasteiger partial charge is 0.231 e. The van der Waals surface area contributed by atoms with Crippen molar-refractivity contribution in [2.24, 2.45) is 0 Å². The molecule has 0 spiro atoms. The molecule has 0 bridgehead atoms. The Bertz CT molecular complexity index is 671. The highest BCUT2D eigenvalue weighted by Gasteiger charge is 2.33. The van der Waals surface area contributed by atoms with Gasteiger partial charge in [0.2, 0.25) is 18.4 Å². The second-order valence-corrected chi connectivity index (χ2v) is 3.70. The number of rotatable bonds is 0. The second-order valence-electron chi connectivity index (χ2n) is 3.70. The molecule has 1 aliphatic heterocycles. The van der Waals surface area contributed by atoms with Crippen LogP contribution >= 0.6 is 0 Å². The van der Waals surface area contributed by atoms with E-state index < -0.39 is 64.0 Å². The number of hydrogen-bond donors (Lipinski definition) is 0. The van der Waals surface area contributed by atoms with Gasteiger partial charge in [-0.25, -0.2) is 17.6 Å². The van der Waals surface area contributed by atoms with E-state index in [0.717, 1.165) is 0 Å². The Morgan fingerprint density at radius 3 is 1.37 bits per heavy atom. The minimum atomic E-state index is -2.04. The molecule has 0 saturated carbocycles. The minimum Gasteiger partial charge on any atom is -0.453 e. The zero-order valence-corrected chi connectivity index (χ0v) is 8.79. The summed E-state index contributed by atoms with van der Waals surface area (Å²) in [6, 6.07) is 0. The van der Waals surface area contributed by atoms with Crippen LogP contribution in [0.5, 0.6) is 11.5 Å². The van der Waals surface area contributed by atoms with Crippen LogP contribution in [-0.2, 0) is 0 Å². The van der Waals surface area contributed by atoms with Gasteiger partial charge in [-0.05, 0) is 0 Å². The monoisotopic (exact) mass is 280 g/mol. The number of halogens is 6. The van der Waals surface area contributed by atoms with Gasteiger partial charge in [0, 0.05) is 0 Å². The van der Waals surface area contributed by atoms with Crippen molar-refractivity contribution in [2.75, 3.05) is 6.79 Å². The Hall–Kier alpha value is -2.12. The van der Waals surface area contributed by atoms with Crippen LogP contribution in [-0.4, -0.2) is 6.79 Å². The molecule has 0 amide bonds. The van der Waals surface area contributed by atoms with Crippen molar-refractivity contribution in [3.63, 3.8) is 0 Å². The molecule has 8 heteroatoms. The third kappa shape index (κ3) is 1.33. The van der Waals surface area contributed by atoms with Gasteiger partial charge < -0.3 is 9.47 Å². The van der Waals surface area contributed by atoms with Gasteiger partial charge in [0.1, 0.15) is 0 Å². The first-order chi connectivity index (χ1) is 8.95. The minimum absolute atomic E-state index is 0.744. The predicted molar refractivity (Wildman–Crippen MR) is 49.8 cm³/mol. The lowest BCUT2D eigenvalue weighted by Gasteiger charge is -2.21. The molecule has 1 heterocycles. The Balaban J connectivity index is 2.66. The van der Waals surface area contributed by atoms with Gasteiger partial charge in [-0.3, -0.25) is 0 Å². The average molecular weight is 280 g/mol. The van der Waals surface area contributed by atoms with Crippen LogP contribution in [0.25, 0.3) is 10.8 Å². The van der Waals surface area contributed by atoms with Gasteiger partial charge in [0.25, 0.3) is 0 Å². The molecule has 100 valence electrons. The summed E-state index contributed by atoms with van der Waals surface area (Å²) >= 11 is 0. The topological polar surface area (TPSA) is 18.5 Å². The molecule has 0 atom stereocenters. The van der Waals surface area contributed by atoms with E-state index in [0.29, 0.717) is 0 Å². The van der Waals surface area contributed by atoms with E-state index in [-0.39, 0.29) is 0 Å². The van der Waals surface area contributed by atoms with Gasteiger partial charge in [-0.1, -0.05) is 0 Å². The van der Waals surface area contributed by atoms with Crippen molar-refractivity contribution in [3.8, 4) is 11.5 Å². The van der Waals surface area contributed by atoms with Gasteiger partial charge in [0.05, 0.1) is 10.8 Å². The highest BCUT2D eigenvalue weighted by atomic mass is 19.2. The van der Waals surface area contributed by atoms with E-state index >= 15 is 0 Å². The first-order valence-electron chi connectivity index (χ1n) is 4.87. The molecule has 1 aliphatic rings. The second kappa shape index (κ2) is 3.69. The van der Waals surface area contributed by atoms with Crippen LogP contribution < -0.4 is 9.47 Å². The molecule has 19 heavy (non-hydrogen) atoms. The zero-order valence-electron chi connectivity index (χ0n) is 8.79. The largest absolute Gasteiger partial charge is 0.453 e. The highest BCUT2D eigenvalue weighted by Crippen LogP contribution is 2.45. The van der Waals surface area contributed by atoms with E-state index in [9.17, 15) is 26.3 Å². The summed E-state index contributed by atoms with van der Waals surface area (Å²) in [5.74, 6) is -13.4. The molecule has 0 aromatic heterocycles. The SMILES string of the molecule is Fc1c(F)c2c3c(c(F)c(F)c(F)c3c1F)OCO2. The molecule has 0 radical (unpaired) electrons. The lowest BCUT2D eigenvalue weighted by atomic mass is 10.0. The van der Waals surface area contributed by atoms with E-state index in [1.807, 2.05) is 0 Å². The fourth-order valence-electron chi connectivity index (χ4n) is 1.90. The summed E-state index contributed by atoms with van der Waals surface area (Å²) < 4.78 is 89.4. The number of benzene rings is 2. The summed E-state index contributed by atoms with van der Waals surface area (Å²) in [4.78, 5) is 0. The Labute approximate surface area is 101 Å². The first-order valence-corrected chi connectivity index (χ1v) is 4.87.